The van der Waals surface area contributed by atoms with Crippen LogP contribution in [-0.2, 0) is 20.2 Å². The lowest BCUT2D eigenvalue weighted by atomic mass is 9.74. The maximum atomic E-state index is 12.2. The van der Waals surface area contributed by atoms with Crippen LogP contribution in [0.15, 0.2) is 52.0 Å². The van der Waals surface area contributed by atoms with Crippen LogP contribution in [0.25, 0.3) is 0 Å². The molecule has 8 heteroatoms. The Morgan fingerprint density at radius 3 is 2.56 bits per heavy atom. The highest BCUT2D eigenvalue weighted by Crippen LogP contribution is 2.36. The van der Waals surface area contributed by atoms with Crippen LogP contribution < -0.4 is 5.32 Å². The first-order valence-electron chi connectivity index (χ1n) is 8.80. The van der Waals surface area contributed by atoms with Crippen molar-refractivity contribution in [2.75, 3.05) is 39.2 Å². The smallest absolute Gasteiger partial charge is 0.244 e. The third-order valence-electron chi connectivity index (χ3n) is 5.01. The molecule has 1 fully saturated rings. The number of hydrogen-bond acceptors (Lipinski definition) is 5. The molecule has 0 spiro atoms. The van der Waals surface area contributed by atoms with E-state index in [4.69, 9.17) is 4.74 Å². The van der Waals surface area contributed by atoms with Gasteiger partial charge in [-0.1, -0.05) is 28.1 Å². The standard InChI is InChI=1S/C19H24BrN3O3S/c1-23(2)27(24,25)17-6-7-18(21-13-17)22-14-19(8-10-26-11-9-19)15-4-3-5-16(20)12-15/h3-7,12-13H,8-11,14H2,1-2H3,(H,21,22). The molecule has 2 heterocycles. The molecule has 1 N–H and O–H groups in total. The fraction of sp³-hybridized carbons (Fsp3) is 0.421. The van der Waals surface area contributed by atoms with Crippen LogP contribution in [0.1, 0.15) is 18.4 Å². The minimum atomic E-state index is -3.47. The molecule has 0 bridgehead atoms. The highest BCUT2D eigenvalue weighted by molar-refractivity contribution is 9.10. The van der Waals surface area contributed by atoms with Gasteiger partial charge in [0, 0.05) is 49.9 Å². The molecule has 0 saturated carbocycles. The summed E-state index contributed by atoms with van der Waals surface area (Å²) in [6, 6.07) is 11.7. The fourth-order valence-electron chi connectivity index (χ4n) is 3.26. The lowest BCUT2D eigenvalue weighted by Crippen LogP contribution is -2.40. The molecule has 1 aromatic carbocycles. The van der Waals surface area contributed by atoms with E-state index in [-0.39, 0.29) is 10.3 Å². The molecule has 0 atom stereocenters. The Balaban J connectivity index is 1.78. The van der Waals surface area contributed by atoms with Crippen LogP contribution in [0.5, 0.6) is 0 Å². The number of aromatic nitrogens is 1. The molecule has 0 unspecified atom stereocenters. The number of ether oxygens (including phenoxy) is 1. The number of halogens is 1. The molecular weight excluding hydrogens is 430 g/mol. The number of pyridine rings is 1. The average Bonchev–Trinajstić information content (AvgIpc) is 2.67. The van der Waals surface area contributed by atoms with Gasteiger partial charge in [0.25, 0.3) is 0 Å². The highest BCUT2D eigenvalue weighted by atomic mass is 79.9. The molecule has 2 aromatic rings. The predicted molar refractivity (Wildman–Crippen MR) is 109 cm³/mol. The lowest BCUT2D eigenvalue weighted by molar-refractivity contribution is 0.0543. The van der Waals surface area contributed by atoms with Gasteiger partial charge in [-0.25, -0.2) is 17.7 Å². The summed E-state index contributed by atoms with van der Waals surface area (Å²) in [5.41, 5.74) is 1.22. The average molecular weight is 454 g/mol. The van der Waals surface area contributed by atoms with E-state index in [0.717, 1.165) is 30.5 Å². The van der Waals surface area contributed by atoms with Crippen LogP contribution in [0.3, 0.4) is 0 Å². The number of rotatable bonds is 6. The molecule has 146 valence electrons. The minimum Gasteiger partial charge on any atom is -0.381 e. The van der Waals surface area contributed by atoms with Crippen molar-refractivity contribution in [1.82, 2.24) is 9.29 Å². The van der Waals surface area contributed by atoms with Crippen LogP contribution >= 0.6 is 15.9 Å². The summed E-state index contributed by atoms with van der Waals surface area (Å²) in [5, 5.41) is 3.39. The largest absolute Gasteiger partial charge is 0.381 e. The Bertz CT molecular complexity index is 879. The van der Waals surface area contributed by atoms with E-state index in [9.17, 15) is 8.42 Å². The van der Waals surface area contributed by atoms with E-state index in [0.29, 0.717) is 12.4 Å². The van der Waals surface area contributed by atoms with Crippen LogP contribution in [0.2, 0.25) is 0 Å². The van der Waals surface area contributed by atoms with E-state index >= 15 is 0 Å². The number of hydrogen-bond donors (Lipinski definition) is 1. The van der Waals surface area contributed by atoms with Crippen LogP contribution in [0.4, 0.5) is 5.82 Å². The quantitative estimate of drug-likeness (QED) is 0.726. The lowest BCUT2D eigenvalue weighted by Gasteiger charge is -2.38. The molecule has 0 aliphatic carbocycles. The van der Waals surface area contributed by atoms with Crippen molar-refractivity contribution in [2.24, 2.45) is 0 Å². The molecule has 0 radical (unpaired) electrons. The van der Waals surface area contributed by atoms with Crippen molar-refractivity contribution in [3.8, 4) is 0 Å². The number of sulfonamides is 1. The SMILES string of the molecule is CN(C)S(=O)(=O)c1ccc(NCC2(c3cccc(Br)c3)CCOCC2)nc1. The van der Waals surface area contributed by atoms with E-state index < -0.39 is 10.0 Å². The monoisotopic (exact) mass is 453 g/mol. The van der Waals surface area contributed by atoms with Crippen molar-refractivity contribution < 1.29 is 13.2 Å². The maximum absolute atomic E-state index is 12.2. The number of nitrogens with one attached hydrogen (secondary N) is 1. The fourth-order valence-corrected chi connectivity index (χ4v) is 4.50. The first kappa shape index (κ1) is 20.3. The molecule has 6 nitrogen and oxygen atoms in total. The summed E-state index contributed by atoms with van der Waals surface area (Å²) in [6.45, 7) is 2.16. The molecule has 1 saturated heterocycles. The maximum Gasteiger partial charge on any atom is 0.244 e. The third-order valence-corrected chi connectivity index (χ3v) is 7.30. The van der Waals surface area contributed by atoms with Crippen molar-refractivity contribution in [1.29, 1.82) is 0 Å². The Kier molecular flexibility index (Phi) is 6.20. The Hall–Kier alpha value is -1.48. The summed E-state index contributed by atoms with van der Waals surface area (Å²) in [7, 11) is -0.451. The van der Waals surface area contributed by atoms with Gasteiger partial charge in [-0.15, -0.1) is 0 Å². The molecule has 27 heavy (non-hydrogen) atoms. The van der Waals surface area contributed by atoms with E-state index in [2.05, 4.69) is 44.4 Å². The van der Waals surface area contributed by atoms with Gasteiger partial charge < -0.3 is 10.1 Å². The van der Waals surface area contributed by atoms with Crippen molar-refractivity contribution in [2.45, 2.75) is 23.2 Å². The molecule has 0 amide bonds. The van der Waals surface area contributed by atoms with E-state index in [1.807, 2.05) is 6.07 Å². The Morgan fingerprint density at radius 1 is 1.22 bits per heavy atom. The third kappa shape index (κ3) is 4.51. The highest BCUT2D eigenvalue weighted by Gasteiger charge is 2.34. The summed E-state index contributed by atoms with van der Waals surface area (Å²) in [4.78, 5) is 4.48. The topological polar surface area (TPSA) is 71.5 Å². The Morgan fingerprint density at radius 2 is 1.96 bits per heavy atom. The first-order valence-corrected chi connectivity index (χ1v) is 11.0. The second-order valence-electron chi connectivity index (χ2n) is 6.92. The summed E-state index contributed by atoms with van der Waals surface area (Å²) >= 11 is 3.56. The summed E-state index contributed by atoms with van der Waals surface area (Å²) < 4.78 is 32.1. The van der Waals surface area contributed by atoms with Gasteiger partial charge >= 0.3 is 0 Å². The van der Waals surface area contributed by atoms with Crippen molar-refractivity contribution >= 4 is 31.8 Å². The first-order chi connectivity index (χ1) is 12.8. The Labute approximate surface area is 169 Å². The van der Waals surface area contributed by atoms with Crippen molar-refractivity contribution in [3.05, 3.63) is 52.6 Å². The zero-order chi connectivity index (χ0) is 19.5. The van der Waals surface area contributed by atoms with Gasteiger partial charge in [0.05, 0.1) is 0 Å². The normalized spacial score (nSPS) is 17.0. The molecule has 3 rings (SSSR count). The molecular formula is C19H24BrN3O3S. The number of anilines is 1. The minimum absolute atomic E-state index is 0.0436. The summed E-state index contributed by atoms with van der Waals surface area (Å²) in [6.07, 6.45) is 3.24. The molecule has 1 aliphatic heterocycles. The zero-order valence-corrected chi connectivity index (χ0v) is 17.9. The van der Waals surface area contributed by atoms with E-state index in [1.54, 1.807) is 12.1 Å². The van der Waals surface area contributed by atoms with Gasteiger partial charge in [-0.3, -0.25) is 0 Å². The number of benzene rings is 1. The van der Waals surface area contributed by atoms with Gasteiger partial charge in [0.2, 0.25) is 10.0 Å². The second kappa shape index (κ2) is 8.26. The molecule has 1 aliphatic rings. The summed E-state index contributed by atoms with van der Waals surface area (Å²) in [5.74, 6) is 0.661. The van der Waals surface area contributed by atoms with Gasteiger partial charge in [0.1, 0.15) is 10.7 Å². The molecule has 1 aromatic heterocycles. The predicted octanol–water partition coefficient (Wildman–Crippen LogP) is 3.25. The van der Waals surface area contributed by atoms with Gasteiger partial charge in [-0.05, 0) is 42.7 Å². The zero-order valence-electron chi connectivity index (χ0n) is 15.5. The van der Waals surface area contributed by atoms with Crippen LogP contribution in [-0.4, -0.2) is 51.6 Å². The van der Waals surface area contributed by atoms with Gasteiger partial charge in [0.15, 0.2) is 0 Å². The van der Waals surface area contributed by atoms with Crippen molar-refractivity contribution in [3.63, 3.8) is 0 Å². The number of nitrogens with zero attached hydrogens (tertiary/aromatic N) is 2. The van der Waals surface area contributed by atoms with Gasteiger partial charge in [-0.2, -0.15) is 0 Å². The van der Waals surface area contributed by atoms with Crippen LogP contribution in [0, 0.1) is 0 Å². The van der Waals surface area contributed by atoms with E-state index in [1.165, 1.54) is 30.2 Å². The second-order valence-corrected chi connectivity index (χ2v) is 9.99.